The standard InChI is InChI=1S/C44H58F2N6O10S/c1-44(2,3)41(42-49-36(33-27-32(45)9-10-34(33)46)29-50(42)28-31-7-5-4-6-8-31)52(16-13-35(47)43(57)58)40(56)30-63-26-25-62-24-23-61-22-21-60-20-19-59-18-14-37(53)48-15-17-51-38(54)11-12-39(51)55/h4-12,27,29,35,41H,13-26,28,30,47H2,1-3H3,(H,48,53)(H,57,58)/t35-,41-/m0/s1. The Kier molecular flexibility index (Phi) is 20.8. The number of carbonyl (C=O) groups excluding carboxylic acids is 4. The van der Waals surface area contributed by atoms with Gasteiger partial charge in [0.2, 0.25) is 11.8 Å². The smallest absolute Gasteiger partial charge is 0.320 e. The molecule has 0 spiro atoms. The molecule has 4 amide bonds. The topological polar surface area (TPSA) is 205 Å². The van der Waals surface area contributed by atoms with Crippen LogP contribution in [-0.4, -0.2) is 144 Å². The quantitative estimate of drug-likeness (QED) is 0.0671. The number of carbonyl (C=O) groups is 5. The predicted octanol–water partition coefficient (Wildman–Crippen LogP) is 3.83. The molecule has 19 heteroatoms. The number of hydrogen-bond donors (Lipinski definition) is 3. The first-order chi connectivity index (χ1) is 30.1. The summed E-state index contributed by atoms with van der Waals surface area (Å²) in [7, 11) is 0. The van der Waals surface area contributed by atoms with E-state index in [9.17, 15) is 33.5 Å². The van der Waals surface area contributed by atoms with Gasteiger partial charge in [-0.05, 0) is 35.6 Å². The number of hydrogen-bond acceptors (Lipinski definition) is 12. The molecule has 16 nitrogen and oxygen atoms in total. The lowest BCUT2D eigenvalue weighted by Gasteiger charge is -2.40. The van der Waals surface area contributed by atoms with E-state index in [0.717, 1.165) is 28.7 Å². The lowest BCUT2D eigenvalue weighted by molar-refractivity contribution is -0.140. The number of thioether (sulfide) groups is 1. The predicted molar refractivity (Wildman–Crippen MR) is 231 cm³/mol. The van der Waals surface area contributed by atoms with E-state index in [4.69, 9.17) is 29.7 Å². The summed E-state index contributed by atoms with van der Waals surface area (Å²) in [4.78, 5) is 68.3. The van der Waals surface area contributed by atoms with Crippen LogP contribution in [0.2, 0.25) is 0 Å². The average Bonchev–Trinajstić information content (AvgIpc) is 3.79. The van der Waals surface area contributed by atoms with Gasteiger partial charge in [-0.15, -0.1) is 11.8 Å². The number of aliphatic carboxylic acids is 1. The van der Waals surface area contributed by atoms with E-state index in [-0.39, 0.29) is 67.9 Å². The molecular formula is C44H58F2N6O10S. The fourth-order valence-corrected chi connectivity index (χ4v) is 7.23. The van der Waals surface area contributed by atoms with Crippen LogP contribution >= 0.6 is 11.8 Å². The van der Waals surface area contributed by atoms with Crippen LogP contribution in [0.4, 0.5) is 8.78 Å². The van der Waals surface area contributed by atoms with Crippen LogP contribution in [0, 0.1) is 17.0 Å². The first-order valence-electron chi connectivity index (χ1n) is 20.7. The molecule has 3 aromatic rings. The van der Waals surface area contributed by atoms with Crippen molar-refractivity contribution in [2.45, 2.75) is 52.2 Å². The molecule has 2 aromatic carbocycles. The summed E-state index contributed by atoms with van der Waals surface area (Å²) >= 11 is 1.36. The second kappa shape index (κ2) is 25.9. The van der Waals surface area contributed by atoms with Crippen molar-refractivity contribution in [3.05, 3.63) is 89.9 Å². The van der Waals surface area contributed by atoms with Crippen LogP contribution in [0.5, 0.6) is 0 Å². The molecule has 2 heterocycles. The highest BCUT2D eigenvalue weighted by atomic mass is 32.2. The number of amides is 4. The number of carboxylic acid groups (broad SMARTS) is 1. The van der Waals surface area contributed by atoms with Crippen LogP contribution < -0.4 is 11.1 Å². The van der Waals surface area contributed by atoms with Gasteiger partial charge in [0.1, 0.15) is 23.5 Å². The zero-order chi connectivity index (χ0) is 45.8. The Bertz CT molecular complexity index is 1980. The highest BCUT2D eigenvalue weighted by Gasteiger charge is 2.39. The molecule has 4 N–H and O–H groups in total. The Hall–Kier alpha value is -5.05. The van der Waals surface area contributed by atoms with Gasteiger partial charge in [-0.25, -0.2) is 13.8 Å². The number of halogens is 2. The van der Waals surface area contributed by atoms with Gasteiger partial charge in [-0.3, -0.25) is 28.9 Å². The van der Waals surface area contributed by atoms with Gasteiger partial charge in [-0.2, -0.15) is 0 Å². The maximum Gasteiger partial charge on any atom is 0.320 e. The number of rotatable bonds is 29. The molecule has 0 bridgehead atoms. The van der Waals surface area contributed by atoms with Gasteiger partial charge < -0.3 is 44.6 Å². The van der Waals surface area contributed by atoms with E-state index < -0.39 is 46.9 Å². The Morgan fingerprint density at radius 2 is 1.52 bits per heavy atom. The summed E-state index contributed by atoms with van der Waals surface area (Å²) in [5.74, 6) is -2.82. The van der Waals surface area contributed by atoms with Crippen LogP contribution in [0.1, 0.15) is 51.0 Å². The molecule has 63 heavy (non-hydrogen) atoms. The summed E-state index contributed by atoms with van der Waals surface area (Å²) in [6.45, 7) is 8.89. The summed E-state index contributed by atoms with van der Waals surface area (Å²) < 4.78 is 53.4. The number of benzene rings is 2. The number of imide groups is 1. The number of carboxylic acids is 1. The van der Waals surface area contributed by atoms with Crippen molar-refractivity contribution in [2.24, 2.45) is 11.1 Å². The molecule has 0 saturated carbocycles. The lowest BCUT2D eigenvalue weighted by atomic mass is 9.84. The molecule has 0 saturated heterocycles. The van der Waals surface area contributed by atoms with Gasteiger partial charge in [0.25, 0.3) is 11.8 Å². The Morgan fingerprint density at radius 1 is 0.905 bits per heavy atom. The number of nitrogens with zero attached hydrogens (tertiary/aromatic N) is 4. The van der Waals surface area contributed by atoms with E-state index in [0.29, 0.717) is 64.4 Å². The molecule has 1 aliphatic heterocycles. The normalized spacial score (nSPS) is 13.7. The summed E-state index contributed by atoms with van der Waals surface area (Å²) in [6, 6.07) is 10.7. The zero-order valence-corrected chi connectivity index (χ0v) is 36.8. The Labute approximate surface area is 370 Å². The van der Waals surface area contributed by atoms with Crippen molar-refractivity contribution in [3.8, 4) is 11.3 Å². The molecule has 344 valence electrons. The zero-order valence-electron chi connectivity index (χ0n) is 36.0. The summed E-state index contributed by atoms with van der Waals surface area (Å²) in [6.07, 6.45) is 4.14. The minimum Gasteiger partial charge on any atom is -0.480 e. The molecule has 4 rings (SSSR count). The Balaban J connectivity index is 1.20. The second-order valence-electron chi connectivity index (χ2n) is 15.6. The summed E-state index contributed by atoms with van der Waals surface area (Å²) in [5, 5.41) is 12.2. The third-order valence-corrected chi connectivity index (χ3v) is 10.6. The number of imidazole rings is 1. The molecule has 0 aliphatic carbocycles. The number of ether oxygens (including phenoxy) is 4. The van der Waals surface area contributed by atoms with Gasteiger partial charge in [0, 0.05) is 62.3 Å². The van der Waals surface area contributed by atoms with E-state index in [2.05, 4.69) is 5.32 Å². The van der Waals surface area contributed by atoms with E-state index in [1.54, 1.807) is 11.1 Å². The van der Waals surface area contributed by atoms with Crippen molar-refractivity contribution in [1.29, 1.82) is 0 Å². The monoisotopic (exact) mass is 900 g/mol. The van der Waals surface area contributed by atoms with Gasteiger partial charge >= 0.3 is 5.97 Å². The average molecular weight is 901 g/mol. The third-order valence-electron chi connectivity index (χ3n) is 9.65. The van der Waals surface area contributed by atoms with Gasteiger partial charge in [-0.1, -0.05) is 51.1 Å². The molecule has 0 radical (unpaired) electrons. The third kappa shape index (κ3) is 16.9. The number of nitrogens with two attached hydrogens (primary N) is 1. The highest BCUT2D eigenvalue weighted by molar-refractivity contribution is 7.99. The van der Waals surface area contributed by atoms with E-state index >= 15 is 4.39 Å². The maximum atomic E-state index is 15.1. The molecule has 0 fully saturated rings. The number of aromatic nitrogens is 2. The first kappa shape index (κ1) is 50.6. The first-order valence-corrected chi connectivity index (χ1v) is 21.8. The van der Waals surface area contributed by atoms with Crippen LogP contribution in [-0.2, 0) is 49.5 Å². The minimum absolute atomic E-state index is 0.00858. The second-order valence-corrected chi connectivity index (χ2v) is 16.7. The maximum absolute atomic E-state index is 15.1. The molecule has 2 atom stereocenters. The fraction of sp³-hybridized carbons (Fsp3) is 0.500. The Morgan fingerprint density at radius 3 is 2.14 bits per heavy atom. The fourth-order valence-electron chi connectivity index (χ4n) is 6.51. The highest BCUT2D eigenvalue weighted by Crippen LogP contribution is 2.40. The van der Waals surface area contributed by atoms with E-state index in [1.165, 1.54) is 23.9 Å². The van der Waals surface area contributed by atoms with Crippen molar-refractivity contribution >= 4 is 41.4 Å². The number of nitrogens with one attached hydrogen (secondary N) is 1. The van der Waals surface area contributed by atoms with Crippen molar-refractivity contribution in [2.75, 3.05) is 84.0 Å². The van der Waals surface area contributed by atoms with Gasteiger partial charge in [0.05, 0.1) is 70.3 Å². The van der Waals surface area contributed by atoms with Crippen molar-refractivity contribution < 1.29 is 56.8 Å². The SMILES string of the molecule is CC(C)(C)[C@H](c1nc(-c2cc(F)ccc2F)cn1Cc1ccccc1)N(CC[C@H](N)C(=O)O)C(=O)CSCCOCCOCCOCCOCCC(=O)NCCN1C(=O)C=CC1=O. The van der Waals surface area contributed by atoms with E-state index in [1.807, 2.05) is 55.7 Å². The van der Waals surface area contributed by atoms with Crippen LogP contribution in [0.15, 0.2) is 66.9 Å². The van der Waals surface area contributed by atoms with Crippen LogP contribution in [0.3, 0.4) is 0 Å². The molecule has 0 unspecified atom stereocenters. The summed E-state index contributed by atoms with van der Waals surface area (Å²) in [5.41, 5.74) is 6.35. The van der Waals surface area contributed by atoms with Crippen LogP contribution in [0.25, 0.3) is 11.3 Å². The lowest BCUT2D eigenvalue weighted by Crippen LogP contribution is -2.46. The minimum atomic E-state index is -1.22. The van der Waals surface area contributed by atoms with Crippen molar-refractivity contribution in [1.82, 2.24) is 24.7 Å². The van der Waals surface area contributed by atoms with Crippen molar-refractivity contribution in [3.63, 3.8) is 0 Å². The molecular weight excluding hydrogens is 843 g/mol. The molecule has 1 aromatic heterocycles. The van der Waals surface area contributed by atoms with Gasteiger partial charge in [0.15, 0.2) is 0 Å². The largest absolute Gasteiger partial charge is 0.480 e. The molecule has 1 aliphatic rings.